The zero-order valence-corrected chi connectivity index (χ0v) is 8.15. The normalized spacial score (nSPS) is 18.2. The first kappa shape index (κ1) is 8.65. The third kappa shape index (κ3) is 2.26. The molecule has 1 aliphatic carbocycles. The highest BCUT2D eigenvalue weighted by molar-refractivity contribution is 9.11. The van der Waals surface area contributed by atoms with Gasteiger partial charge in [-0.15, -0.1) is 0 Å². The number of halogens is 1. The van der Waals surface area contributed by atoms with Crippen LogP contribution in [-0.2, 0) is 4.74 Å². The molecule has 2 nitrogen and oxygen atoms in total. The summed E-state index contributed by atoms with van der Waals surface area (Å²) in [6, 6.07) is 0. The summed E-state index contributed by atoms with van der Waals surface area (Å²) in [5.74, 6) is 0.927. The Balaban J connectivity index is 2.69. The molecule has 0 spiro atoms. The van der Waals surface area contributed by atoms with Crippen molar-refractivity contribution in [3.05, 3.63) is 22.0 Å². The monoisotopic (exact) mass is 217 g/mol. The van der Waals surface area contributed by atoms with E-state index in [4.69, 9.17) is 10.5 Å². The lowest BCUT2D eigenvalue weighted by Gasteiger charge is -2.14. The van der Waals surface area contributed by atoms with E-state index in [-0.39, 0.29) is 0 Å². The second kappa shape index (κ2) is 3.81. The van der Waals surface area contributed by atoms with Crippen LogP contribution in [0.25, 0.3) is 0 Å². The summed E-state index contributed by atoms with van der Waals surface area (Å²) in [5.41, 5.74) is 6.46. The molecule has 3 heteroatoms. The topological polar surface area (TPSA) is 35.2 Å². The molecule has 2 N–H and O–H groups in total. The van der Waals surface area contributed by atoms with Crippen molar-refractivity contribution in [2.75, 3.05) is 6.61 Å². The first-order valence-electron chi connectivity index (χ1n) is 3.71. The summed E-state index contributed by atoms with van der Waals surface area (Å²) in [5, 5.41) is 0. The van der Waals surface area contributed by atoms with E-state index in [0.29, 0.717) is 6.61 Å². The largest absolute Gasteiger partial charge is 0.496 e. The van der Waals surface area contributed by atoms with Crippen molar-refractivity contribution in [3.8, 4) is 0 Å². The summed E-state index contributed by atoms with van der Waals surface area (Å²) in [6.45, 7) is 2.66. The summed E-state index contributed by atoms with van der Waals surface area (Å²) in [4.78, 5) is 0. The van der Waals surface area contributed by atoms with Gasteiger partial charge in [-0.2, -0.15) is 0 Å². The minimum Gasteiger partial charge on any atom is -0.496 e. The first-order chi connectivity index (χ1) is 5.24. The minimum absolute atomic E-state index is 0.696. The smallest absolute Gasteiger partial charge is 0.119 e. The van der Waals surface area contributed by atoms with E-state index in [2.05, 4.69) is 15.9 Å². The van der Waals surface area contributed by atoms with Crippen LogP contribution in [0.4, 0.5) is 0 Å². The predicted molar refractivity (Wildman–Crippen MR) is 49.1 cm³/mol. The third-order valence-electron chi connectivity index (χ3n) is 1.54. The lowest BCUT2D eigenvalue weighted by atomic mass is 10.1. The van der Waals surface area contributed by atoms with Crippen molar-refractivity contribution in [1.82, 2.24) is 0 Å². The van der Waals surface area contributed by atoms with Crippen molar-refractivity contribution in [3.63, 3.8) is 0 Å². The van der Waals surface area contributed by atoms with Crippen molar-refractivity contribution in [2.24, 2.45) is 5.73 Å². The maximum Gasteiger partial charge on any atom is 0.119 e. The van der Waals surface area contributed by atoms with Crippen LogP contribution < -0.4 is 5.73 Å². The van der Waals surface area contributed by atoms with Crippen LogP contribution in [0, 0.1) is 0 Å². The molecule has 0 amide bonds. The van der Waals surface area contributed by atoms with Gasteiger partial charge in [0.15, 0.2) is 0 Å². The molecule has 0 aromatic rings. The quantitative estimate of drug-likeness (QED) is 0.771. The van der Waals surface area contributed by atoms with E-state index in [1.165, 1.54) is 0 Å². The van der Waals surface area contributed by atoms with E-state index in [1.807, 2.05) is 13.0 Å². The van der Waals surface area contributed by atoms with Gasteiger partial charge in [0, 0.05) is 6.42 Å². The highest BCUT2D eigenvalue weighted by atomic mass is 79.9. The predicted octanol–water partition coefficient (Wildman–Crippen LogP) is 2.27. The molecule has 0 saturated heterocycles. The number of nitrogens with two attached hydrogens (primary N) is 1. The van der Waals surface area contributed by atoms with Crippen LogP contribution in [0.5, 0.6) is 0 Å². The maximum absolute atomic E-state index is 5.70. The zero-order valence-electron chi connectivity index (χ0n) is 6.56. The van der Waals surface area contributed by atoms with E-state index >= 15 is 0 Å². The Morgan fingerprint density at radius 3 is 2.91 bits per heavy atom. The molecule has 0 aliphatic heterocycles. The Bertz CT molecular complexity index is 204. The molecule has 0 bridgehead atoms. The second-order valence-electron chi connectivity index (χ2n) is 2.40. The molecule has 1 aliphatic rings. The first-order valence-corrected chi connectivity index (χ1v) is 4.51. The van der Waals surface area contributed by atoms with Gasteiger partial charge in [0.05, 0.1) is 12.3 Å². The Morgan fingerprint density at radius 1 is 1.64 bits per heavy atom. The molecule has 0 fully saturated rings. The van der Waals surface area contributed by atoms with Crippen LogP contribution in [0.2, 0.25) is 0 Å². The summed E-state index contributed by atoms with van der Waals surface area (Å²) < 4.78 is 6.48. The molecular formula is C8H12BrNO. The Hall–Kier alpha value is -0.440. The van der Waals surface area contributed by atoms with Gasteiger partial charge in [-0.1, -0.05) is 15.9 Å². The molecule has 0 unspecified atom stereocenters. The summed E-state index contributed by atoms with van der Waals surface area (Å²) in [7, 11) is 0. The molecule has 0 heterocycles. The molecule has 0 aromatic carbocycles. The van der Waals surface area contributed by atoms with Gasteiger partial charge in [-0.3, -0.25) is 0 Å². The number of hydrogen-bond acceptors (Lipinski definition) is 2. The minimum atomic E-state index is 0.696. The van der Waals surface area contributed by atoms with Crippen LogP contribution in [0.1, 0.15) is 19.8 Å². The zero-order chi connectivity index (χ0) is 8.27. The van der Waals surface area contributed by atoms with E-state index in [1.54, 1.807) is 0 Å². The number of allylic oxidation sites excluding steroid dienone is 3. The van der Waals surface area contributed by atoms with Crippen LogP contribution >= 0.6 is 15.9 Å². The molecule has 0 radical (unpaired) electrons. The standard InChI is InChI=1S/C8H12BrNO/c1-2-11-8-4-3-6(9)5-7(8)10/h5H,2-4,10H2,1H3. The molecule has 11 heavy (non-hydrogen) atoms. The van der Waals surface area contributed by atoms with Crippen LogP contribution in [-0.4, -0.2) is 6.61 Å². The molecule has 1 rings (SSSR count). The fourth-order valence-electron chi connectivity index (χ4n) is 1.03. The molecule has 0 aromatic heterocycles. The molecular weight excluding hydrogens is 206 g/mol. The van der Waals surface area contributed by atoms with Gasteiger partial charge in [0.2, 0.25) is 0 Å². The third-order valence-corrected chi connectivity index (χ3v) is 2.17. The highest BCUT2D eigenvalue weighted by Gasteiger charge is 2.09. The van der Waals surface area contributed by atoms with Gasteiger partial charge < -0.3 is 10.5 Å². The van der Waals surface area contributed by atoms with E-state index < -0.39 is 0 Å². The Kier molecular flexibility index (Phi) is 3.00. The highest BCUT2D eigenvalue weighted by Crippen LogP contribution is 2.25. The van der Waals surface area contributed by atoms with Crippen molar-refractivity contribution < 1.29 is 4.74 Å². The van der Waals surface area contributed by atoms with Crippen LogP contribution in [0.3, 0.4) is 0 Å². The average molecular weight is 218 g/mol. The van der Waals surface area contributed by atoms with Crippen molar-refractivity contribution >= 4 is 15.9 Å². The fourth-order valence-corrected chi connectivity index (χ4v) is 1.47. The lowest BCUT2D eigenvalue weighted by Crippen LogP contribution is -2.07. The summed E-state index contributed by atoms with van der Waals surface area (Å²) in [6.07, 6.45) is 3.82. The van der Waals surface area contributed by atoms with Gasteiger partial charge in [-0.25, -0.2) is 0 Å². The number of ether oxygens (including phenoxy) is 1. The van der Waals surface area contributed by atoms with Gasteiger partial charge >= 0.3 is 0 Å². The number of rotatable bonds is 2. The Morgan fingerprint density at radius 2 is 2.36 bits per heavy atom. The van der Waals surface area contributed by atoms with Gasteiger partial charge in [0.25, 0.3) is 0 Å². The second-order valence-corrected chi connectivity index (χ2v) is 3.42. The van der Waals surface area contributed by atoms with Gasteiger partial charge in [-0.05, 0) is 23.9 Å². The van der Waals surface area contributed by atoms with Crippen LogP contribution in [0.15, 0.2) is 22.0 Å². The lowest BCUT2D eigenvalue weighted by molar-refractivity contribution is 0.214. The fraction of sp³-hybridized carbons (Fsp3) is 0.500. The summed E-state index contributed by atoms with van der Waals surface area (Å²) >= 11 is 3.40. The van der Waals surface area contributed by atoms with Crippen molar-refractivity contribution in [1.29, 1.82) is 0 Å². The van der Waals surface area contributed by atoms with E-state index in [0.717, 1.165) is 28.8 Å². The molecule has 62 valence electrons. The molecule has 0 atom stereocenters. The van der Waals surface area contributed by atoms with E-state index in [9.17, 15) is 0 Å². The molecule has 0 saturated carbocycles. The Labute approximate surface area is 75.2 Å². The maximum atomic E-state index is 5.70. The average Bonchev–Trinajstić information content (AvgIpc) is 1.95. The van der Waals surface area contributed by atoms with Gasteiger partial charge in [0.1, 0.15) is 5.76 Å². The SMILES string of the molecule is CCOC1=C(N)C=C(Br)CC1. The number of hydrogen-bond donors (Lipinski definition) is 1. The van der Waals surface area contributed by atoms with Crippen molar-refractivity contribution in [2.45, 2.75) is 19.8 Å².